The Morgan fingerprint density at radius 2 is 1.74 bits per heavy atom. The summed E-state index contributed by atoms with van der Waals surface area (Å²) in [5.74, 6) is -1.44. The van der Waals surface area contributed by atoms with E-state index < -0.39 is 60.5 Å². The Morgan fingerprint density at radius 1 is 1.16 bits per heavy atom. The topological polar surface area (TPSA) is 181 Å². The summed E-state index contributed by atoms with van der Waals surface area (Å²) in [6.07, 6.45) is -4.87. The van der Waals surface area contributed by atoms with Crippen molar-refractivity contribution in [3.63, 3.8) is 0 Å². The van der Waals surface area contributed by atoms with E-state index in [9.17, 15) is 29.4 Å². The van der Waals surface area contributed by atoms with Crippen LogP contribution in [0.5, 0.6) is 0 Å². The number of nitrogens with zero attached hydrogens (tertiary/aromatic N) is 1. The van der Waals surface area contributed by atoms with Gasteiger partial charge in [-0.25, -0.2) is 20.0 Å². The number of hydrogen-bond acceptors (Lipinski definition) is 8. The maximum Gasteiger partial charge on any atom is 0.429 e. The van der Waals surface area contributed by atoms with Crippen LogP contribution in [-0.4, -0.2) is 75.7 Å². The smallest absolute Gasteiger partial charge is 0.429 e. The SMILES string of the molecule is CC[C@H](NC(=O)C1=C[C@@H](N(NC(=O)OC(C)C)C(=O)OC(C)C)[C@H](O)[C@H](O)C1)C(N)=O. The second kappa shape index (κ2) is 11.5. The van der Waals surface area contributed by atoms with E-state index in [1.807, 2.05) is 0 Å². The molecular weight excluding hydrogens is 412 g/mol. The standard InChI is InChI=1S/C19H32N4O8/c1-6-12(16(20)26)21-17(27)11-7-13(15(25)14(24)8-11)23(19(29)31-10(4)5)22-18(28)30-9(2)3/h7,9-10,12-15,24-25H,6,8H2,1-5H3,(H2,20,26)(H,21,27)(H,22,28)/t12-,13+,14+,15-/m0/s1. The number of hydrogen-bond donors (Lipinski definition) is 5. The average Bonchev–Trinajstić information content (AvgIpc) is 2.64. The predicted molar refractivity (Wildman–Crippen MR) is 108 cm³/mol. The van der Waals surface area contributed by atoms with E-state index in [1.165, 1.54) is 6.08 Å². The summed E-state index contributed by atoms with van der Waals surface area (Å²) < 4.78 is 10.1. The molecule has 0 unspecified atom stereocenters. The second-order valence-corrected chi connectivity index (χ2v) is 7.65. The number of rotatable bonds is 7. The Balaban J connectivity index is 3.23. The van der Waals surface area contributed by atoms with Gasteiger partial charge in [-0.2, -0.15) is 0 Å². The molecule has 0 spiro atoms. The molecule has 1 rings (SSSR count). The average molecular weight is 444 g/mol. The second-order valence-electron chi connectivity index (χ2n) is 7.65. The number of ether oxygens (including phenoxy) is 2. The molecule has 0 aliphatic heterocycles. The molecule has 0 saturated heterocycles. The Hall–Kier alpha value is -2.86. The number of carbonyl (C=O) groups is 4. The van der Waals surface area contributed by atoms with Gasteiger partial charge in [0.2, 0.25) is 11.8 Å². The van der Waals surface area contributed by atoms with Gasteiger partial charge in [-0.05, 0) is 40.2 Å². The van der Waals surface area contributed by atoms with Crippen molar-refractivity contribution in [2.24, 2.45) is 5.73 Å². The molecule has 0 aromatic rings. The lowest BCUT2D eigenvalue weighted by Gasteiger charge is -2.37. The van der Waals surface area contributed by atoms with Crippen LogP contribution >= 0.6 is 0 Å². The van der Waals surface area contributed by atoms with Crippen molar-refractivity contribution in [2.75, 3.05) is 0 Å². The molecule has 4 amide bonds. The van der Waals surface area contributed by atoms with Crippen molar-refractivity contribution in [1.29, 1.82) is 0 Å². The number of aliphatic hydroxyl groups excluding tert-OH is 2. The fourth-order valence-corrected chi connectivity index (χ4v) is 2.81. The third-order valence-corrected chi connectivity index (χ3v) is 4.28. The first-order valence-corrected chi connectivity index (χ1v) is 10.0. The number of nitrogens with two attached hydrogens (primary N) is 1. The van der Waals surface area contributed by atoms with Gasteiger partial charge in [0.1, 0.15) is 18.2 Å². The van der Waals surface area contributed by atoms with Crippen LogP contribution in [0.25, 0.3) is 0 Å². The summed E-state index contributed by atoms with van der Waals surface area (Å²) in [7, 11) is 0. The van der Waals surface area contributed by atoms with Crippen molar-refractivity contribution in [2.45, 2.75) is 84.0 Å². The summed E-state index contributed by atoms with van der Waals surface area (Å²) in [6, 6.07) is -2.29. The highest BCUT2D eigenvalue weighted by Gasteiger charge is 2.40. The van der Waals surface area contributed by atoms with Gasteiger partial charge in [-0.15, -0.1) is 0 Å². The van der Waals surface area contributed by atoms with Crippen LogP contribution in [0.3, 0.4) is 0 Å². The predicted octanol–water partition coefficient (Wildman–Crippen LogP) is -0.316. The summed E-state index contributed by atoms with van der Waals surface area (Å²) in [5, 5.41) is 23.8. The van der Waals surface area contributed by atoms with Crippen molar-refractivity contribution < 1.29 is 38.9 Å². The maximum atomic E-state index is 12.6. The Bertz CT molecular complexity index is 709. The molecule has 0 saturated carbocycles. The molecule has 6 N–H and O–H groups in total. The fourth-order valence-electron chi connectivity index (χ4n) is 2.81. The molecule has 4 atom stereocenters. The van der Waals surface area contributed by atoms with Gasteiger partial charge in [-0.3, -0.25) is 9.59 Å². The van der Waals surface area contributed by atoms with Crippen LogP contribution < -0.4 is 16.5 Å². The lowest BCUT2D eigenvalue weighted by Crippen LogP contribution is -2.60. The van der Waals surface area contributed by atoms with Gasteiger partial charge < -0.3 is 30.7 Å². The molecule has 12 heteroatoms. The minimum Gasteiger partial charge on any atom is -0.446 e. The Kier molecular flexibility index (Phi) is 9.72. The number of aliphatic hydroxyl groups is 2. The van der Waals surface area contributed by atoms with E-state index in [0.717, 1.165) is 0 Å². The zero-order chi connectivity index (χ0) is 23.9. The summed E-state index contributed by atoms with van der Waals surface area (Å²) in [5.41, 5.74) is 7.41. The first kappa shape index (κ1) is 26.2. The number of amides is 4. The molecule has 0 bridgehead atoms. The third-order valence-electron chi connectivity index (χ3n) is 4.28. The van der Waals surface area contributed by atoms with Crippen molar-refractivity contribution in [3.8, 4) is 0 Å². The van der Waals surface area contributed by atoms with Gasteiger partial charge in [0.25, 0.3) is 0 Å². The number of primary amides is 1. The van der Waals surface area contributed by atoms with Crippen LogP contribution in [0.2, 0.25) is 0 Å². The highest BCUT2D eigenvalue weighted by Crippen LogP contribution is 2.24. The maximum absolute atomic E-state index is 12.6. The first-order chi connectivity index (χ1) is 14.4. The highest BCUT2D eigenvalue weighted by molar-refractivity contribution is 5.97. The molecule has 0 radical (unpaired) electrons. The first-order valence-electron chi connectivity index (χ1n) is 10.0. The molecule has 0 fully saturated rings. The monoisotopic (exact) mass is 444 g/mol. The lowest BCUT2D eigenvalue weighted by molar-refractivity contribution is -0.126. The van der Waals surface area contributed by atoms with Crippen molar-refractivity contribution in [3.05, 3.63) is 11.6 Å². The van der Waals surface area contributed by atoms with E-state index >= 15 is 0 Å². The fraction of sp³-hybridized carbons (Fsp3) is 0.684. The highest BCUT2D eigenvalue weighted by atomic mass is 16.6. The van der Waals surface area contributed by atoms with Gasteiger partial charge >= 0.3 is 12.2 Å². The molecular formula is C19H32N4O8. The van der Waals surface area contributed by atoms with Gasteiger partial charge in [-0.1, -0.05) is 6.92 Å². The van der Waals surface area contributed by atoms with Crippen LogP contribution in [0.15, 0.2) is 11.6 Å². The largest absolute Gasteiger partial charge is 0.446 e. The van der Waals surface area contributed by atoms with Gasteiger partial charge in [0.15, 0.2) is 0 Å². The van der Waals surface area contributed by atoms with Gasteiger partial charge in [0, 0.05) is 12.0 Å². The van der Waals surface area contributed by atoms with Gasteiger partial charge in [0.05, 0.1) is 18.3 Å². The normalized spacial score (nSPS) is 21.7. The van der Waals surface area contributed by atoms with Crippen LogP contribution in [0, 0.1) is 0 Å². The van der Waals surface area contributed by atoms with Crippen LogP contribution in [0.1, 0.15) is 47.5 Å². The molecule has 0 aromatic carbocycles. The van der Waals surface area contributed by atoms with E-state index in [2.05, 4.69) is 10.7 Å². The molecule has 31 heavy (non-hydrogen) atoms. The number of hydrazine groups is 1. The zero-order valence-corrected chi connectivity index (χ0v) is 18.3. The summed E-state index contributed by atoms with van der Waals surface area (Å²) >= 11 is 0. The lowest BCUT2D eigenvalue weighted by atomic mass is 9.89. The van der Waals surface area contributed by atoms with E-state index in [1.54, 1.807) is 34.6 Å². The summed E-state index contributed by atoms with van der Waals surface area (Å²) in [6.45, 7) is 8.01. The molecule has 1 aliphatic rings. The molecule has 0 aromatic heterocycles. The minimum atomic E-state index is -1.55. The zero-order valence-electron chi connectivity index (χ0n) is 18.3. The molecule has 12 nitrogen and oxygen atoms in total. The summed E-state index contributed by atoms with van der Waals surface area (Å²) in [4.78, 5) is 48.6. The minimum absolute atomic E-state index is 0.0103. The van der Waals surface area contributed by atoms with E-state index in [4.69, 9.17) is 15.2 Å². The third kappa shape index (κ3) is 7.72. The van der Waals surface area contributed by atoms with E-state index in [0.29, 0.717) is 5.01 Å². The van der Waals surface area contributed by atoms with Crippen molar-refractivity contribution in [1.82, 2.24) is 15.8 Å². The molecule has 1 aliphatic carbocycles. The quantitative estimate of drug-likeness (QED) is 0.331. The number of carbonyl (C=O) groups excluding carboxylic acids is 4. The van der Waals surface area contributed by atoms with E-state index in [-0.39, 0.29) is 18.4 Å². The Labute approximate surface area is 180 Å². The Morgan fingerprint density at radius 3 is 2.23 bits per heavy atom. The van der Waals surface area contributed by atoms with Crippen molar-refractivity contribution >= 4 is 24.0 Å². The molecule has 176 valence electrons. The molecule has 0 heterocycles. The number of nitrogens with one attached hydrogen (secondary N) is 2. The van der Waals surface area contributed by atoms with Crippen LogP contribution in [0.4, 0.5) is 9.59 Å². The van der Waals surface area contributed by atoms with Crippen LogP contribution in [-0.2, 0) is 19.1 Å².